The molecule has 0 radical (unpaired) electrons. The van der Waals surface area contributed by atoms with E-state index in [0.717, 1.165) is 17.8 Å². The fraction of sp³-hybridized carbons (Fsp3) is 0.636. The van der Waals surface area contributed by atoms with Crippen molar-refractivity contribution in [1.29, 1.82) is 0 Å². The average molecular weight is 261 g/mol. The Bertz CT molecular complexity index is 352. The summed E-state index contributed by atoms with van der Waals surface area (Å²) in [7, 11) is 0. The number of rotatable bonds is 5. The fourth-order valence-electron chi connectivity index (χ4n) is 1.42. The molecule has 5 heteroatoms. The van der Waals surface area contributed by atoms with Crippen LogP contribution in [0.5, 0.6) is 0 Å². The van der Waals surface area contributed by atoms with Gasteiger partial charge in [0.2, 0.25) is 0 Å². The molecule has 1 aromatic heterocycles. The van der Waals surface area contributed by atoms with Crippen molar-refractivity contribution in [2.75, 3.05) is 5.88 Å². The highest BCUT2D eigenvalue weighted by Gasteiger charge is 2.28. The Labute approximate surface area is 105 Å². The summed E-state index contributed by atoms with van der Waals surface area (Å²) in [4.78, 5) is 16.1. The van der Waals surface area contributed by atoms with Gasteiger partial charge < -0.3 is 5.32 Å². The number of halogens is 1. The summed E-state index contributed by atoms with van der Waals surface area (Å²) in [6.45, 7) is 5.94. The Morgan fingerprint density at radius 2 is 2.19 bits per heavy atom. The molecule has 0 bridgehead atoms. The molecule has 1 amide bonds. The normalized spacial score (nSPS) is 11.5. The van der Waals surface area contributed by atoms with Crippen LogP contribution in [0.1, 0.15) is 42.2 Å². The van der Waals surface area contributed by atoms with Crippen LogP contribution in [0.2, 0.25) is 0 Å². The maximum atomic E-state index is 11.9. The van der Waals surface area contributed by atoms with E-state index < -0.39 is 0 Å². The van der Waals surface area contributed by atoms with Crippen LogP contribution in [0.15, 0.2) is 5.38 Å². The maximum Gasteiger partial charge on any atom is 0.271 e. The summed E-state index contributed by atoms with van der Waals surface area (Å²) >= 11 is 7.41. The summed E-state index contributed by atoms with van der Waals surface area (Å²) in [6.07, 6.45) is 1.64. The van der Waals surface area contributed by atoms with Gasteiger partial charge in [-0.1, -0.05) is 13.8 Å². The number of nitrogens with one attached hydrogen (secondary N) is 1. The number of hydrogen-bond acceptors (Lipinski definition) is 3. The van der Waals surface area contributed by atoms with Crippen molar-refractivity contribution in [1.82, 2.24) is 10.3 Å². The highest BCUT2D eigenvalue weighted by Crippen LogP contribution is 2.18. The summed E-state index contributed by atoms with van der Waals surface area (Å²) in [5.41, 5.74) is 0.176. The van der Waals surface area contributed by atoms with Gasteiger partial charge in [-0.3, -0.25) is 4.79 Å². The van der Waals surface area contributed by atoms with Crippen molar-refractivity contribution < 1.29 is 4.79 Å². The number of thiazole rings is 1. The maximum absolute atomic E-state index is 11.9. The lowest BCUT2D eigenvalue weighted by molar-refractivity contribution is 0.0898. The molecule has 0 saturated carbocycles. The first-order valence-electron chi connectivity index (χ1n) is 5.37. The van der Waals surface area contributed by atoms with Gasteiger partial charge in [0.15, 0.2) is 0 Å². The summed E-state index contributed by atoms with van der Waals surface area (Å²) in [5, 5.41) is 5.65. The van der Waals surface area contributed by atoms with E-state index in [-0.39, 0.29) is 11.4 Å². The second-order valence-corrected chi connectivity index (χ2v) is 5.16. The smallest absolute Gasteiger partial charge is 0.271 e. The van der Waals surface area contributed by atoms with Crippen LogP contribution in [0, 0.1) is 6.92 Å². The monoisotopic (exact) mass is 260 g/mol. The molecule has 0 aromatic carbocycles. The minimum absolute atomic E-state index is 0.131. The van der Waals surface area contributed by atoms with Gasteiger partial charge in [-0.2, -0.15) is 0 Å². The summed E-state index contributed by atoms with van der Waals surface area (Å²) < 4.78 is 0. The molecule has 3 nitrogen and oxygen atoms in total. The lowest BCUT2D eigenvalue weighted by atomic mass is 9.95. The molecule has 1 N–H and O–H groups in total. The molecule has 90 valence electrons. The van der Waals surface area contributed by atoms with Crippen LogP contribution >= 0.6 is 22.9 Å². The first kappa shape index (κ1) is 13.5. The van der Waals surface area contributed by atoms with Crippen LogP contribution in [0.25, 0.3) is 0 Å². The van der Waals surface area contributed by atoms with Gasteiger partial charge >= 0.3 is 0 Å². The molecule has 0 saturated heterocycles. The Morgan fingerprint density at radius 3 is 2.56 bits per heavy atom. The van der Waals surface area contributed by atoms with Gasteiger partial charge in [0.1, 0.15) is 5.69 Å². The zero-order chi connectivity index (χ0) is 12.2. The van der Waals surface area contributed by atoms with Crippen molar-refractivity contribution in [3.8, 4) is 0 Å². The van der Waals surface area contributed by atoms with E-state index in [0.29, 0.717) is 11.6 Å². The van der Waals surface area contributed by atoms with E-state index in [1.54, 1.807) is 5.38 Å². The quantitative estimate of drug-likeness (QED) is 0.827. The van der Waals surface area contributed by atoms with Gasteiger partial charge in [-0.25, -0.2) is 4.98 Å². The zero-order valence-electron chi connectivity index (χ0n) is 9.84. The van der Waals surface area contributed by atoms with Crippen LogP contribution in [0.3, 0.4) is 0 Å². The van der Waals surface area contributed by atoms with E-state index in [4.69, 9.17) is 11.6 Å². The van der Waals surface area contributed by atoms with Crippen molar-refractivity contribution in [2.24, 2.45) is 0 Å². The molecule has 0 unspecified atom stereocenters. The number of aromatic nitrogens is 1. The minimum atomic E-state index is -0.309. The number of carbonyl (C=O) groups is 1. The molecule has 1 heterocycles. The number of carbonyl (C=O) groups excluding carboxylic acids is 1. The molecular weight excluding hydrogens is 244 g/mol. The van der Waals surface area contributed by atoms with E-state index in [2.05, 4.69) is 10.3 Å². The average Bonchev–Trinajstić information content (AvgIpc) is 2.73. The number of hydrogen-bond donors (Lipinski definition) is 1. The third kappa shape index (κ3) is 2.95. The van der Waals surface area contributed by atoms with Crippen molar-refractivity contribution >= 4 is 28.8 Å². The molecule has 0 aliphatic heterocycles. The molecule has 1 rings (SSSR count). The van der Waals surface area contributed by atoms with E-state index in [1.165, 1.54) is 11.3 Å². The first-order chi connectivity index (χ1) is 7.56. The van der Waals surface area contributed by atoms with Crippen LogP contribution < -0.4 is 5.32 Å². The number of alkyl halides is 1. The Hall–Kier alpha value is -0.610. The SMILES string of the molecule is CCC(CC)(CCl)NC(=O)c1csc(C)n1. The van der Waals surface area contributed by atoms with Crippen molar-refractivity contribution in [3.05, 3.63) is 16.1 Å². The van der Waals surface area contributed by atoms with Crippen molar-refractivity contribution in [2.45, 2.75) is 39.2 Å². The van der Waals surface area contributed by atoms with Gasteiger partial charge in [-0.05, 0) is 19.8 Å². The van der Waals surface area contributed by atoms with Crippen LogP contribution in [0.4, 0.5) is 0 Å². The molecule has 1 aromatic rings. The minimum Gasteiger partial charge on any atom is -0.344 e. The largest absolute Gasteiger partial charge is 0.344 e. The topological polar surface area (TPSA) is 42.0 Å². The van der Waals surface area contributed by atoms with Gasteiger partial charge in [-0.15, -0.1) is 22.9 Å². The van der Waals surface area contributed by atoms with E-state index in [9.17, 15) is 4.79 Å². The Balaban J connectivity index is 2.76. The first-order valence-corrected chi connectivity index (χ1v) is 6.79. The molecule has 0 fully saturated rings. The second-order valence-electron chi connectivity index (χ2n) is 3.83. The number of nitrogens with zero attached hydrogens (tertiary/aromatic N) is 1. The molecule has 0 aliphatic carbocycles. The second kappa shape index (κ2) is 5.64. The van der Waals surface area contributed by atoms with E-state index >= 15 is 0 Å². The fourth-order valence-corrected chi connectivity index (χ4v) is 2.46. The summed E-state index contributed by atoms with van der Waals surface area (Å²) in [5.74, 6) is 0.295. The molecule has 0 aliphatic rings. The number of amides is 1. The van der Waals surface area contributed by atoms with Crippen LogP contribution in [-0.2, 0) is 0 Å². The Kier molecular flexibility index (Phi) is 4.74. The lowest BCUT2D eigenvalue weighted by Crippen LogP contribution is -2.49. The summed E-state index contributed by atoms with van der Waals surface area (Å²) in [6, 6.07) is 0. The molecule has 0 spiro atoms. The zero-order valence-corrected chi connectivity index (χ0v) is 11.4. The number of aryl methyl sites for hydroxylation is 1. The third-order valence-electron chi connectivity index (χ3n) is 2.84. The third-order valence-corrected chi connectivity index (χ3v) is 4.12. The highest BCUT2D eigenvalue weighted by atomic mass is 35.5. The van der Waals surface area contributed by atoms with Crippen molar-refractivity contribution in [3.63, 3.8) is 0 Å². The van der Waals surface area contributed by atoms with Gasteiger partial charge in [0.05, 0.1) is 10.5 Å². The van der Waals surface area contributed by atoms with E-state index in [1.807, 2.05) is 20.8 Å². The predicted octanol–water partition coefficient (Wildman–Crippen LogP) is 2.98. The van der Waals surface area contributed by atoms with Gasteiger partial charge in [0.25, 0.3) is 5.91 Å². The highest BCUT2D eigenvalue weighted by molar-refractivity contribution is 7.09. The standard InChI is InChI=1S/C11H17ClN2OS/c1-4-11(5-2,7-12)14-10(15)9-6-16-8(3)13-9/h6H,4-5,7H2,1-3H3,(H,14,15). The molecular formula is C11H17ClN2OS. The molecule has 0 atom stereocenters. The lowest BCUT2D eigenvalue weighted by Gasteiger charge is -2.30. The predicted molar refractivity (Wildman–Crippen MR) is 68.4 cm³/mol. The van der Waals surface area contributed by atoms with Gasteiger partial charge in [0, 0.05) is 11.3 Å². The Morgan fingerprint density at radius 1 is 1.56 bits per heavy atom. The van der Waals surface area contributed by atoms with Crippen LogP contribution in [-0.4, -0.2) is 22.3 Å². The molecule has 16 heavy (non-hydrogen) atoms.